The number of rotatable bonds is 4. The minimum Gasteiger partial charge on any atom is -0.481 e. The van der Waals surface area contributed by atoms with Crippen LogP contribution in [0, 0.1) is 0 Å². The topological polar surface area (TPSA) is 37.7 Å². The molecule has 0 spiro atoms. The monoisotopic (exact) mass is 351 g/mol. The minimum atomic E-state index is 0.172. The maximum absolute atomic E-state index is 5.08. The number of ether oxygens (including phenoxy) is 1. The number of nitrogens with zero attached hydrogens (tertiary/aromatic N) is 3. The molecule has 4 nitrogen and oxygen atoms in total. The zero-order chi connectivity index (χ0) is 18.9. The van der Waals surface area contributed by atoms with E-state index in [1.54, 1.807) is 13.3 Å². The first kappa shape index (κ1) is 18.4. The fourth-order valence-electron chi connectivity index (χ4n) is 4.25. The summed E-state index contributed by atoms with van der Waals surface area (Å²) in [7, 11) is 1.61. The van der Waals surface area contributed by atoms with Crippen molar-refractivity contribution in [3.8, 4) is 5.88 Å². The van der Waals surface area contributed by atoms with Gasteiger partial charge in [-0.05, 0) is 69.4 Å². The third-order valence-electron chi connectivity index (χ3n) is 5.11. The molecule has 0 unspecified atom stereocenters. The van der Waals surface area contributed by atoms with Crippen molar-refractivity contribution in [3.63, 3.8) is 0 Å². The van der Waals surface area contributed by atoms with Crippen molar-refractivity contribution in [2.24, 2.45) is 4.99 Å². The number of pyridine rings is 1. The molecule has 0 fully saturated rings. The van der Waals surface area contributed by atoms with Gasteiger partial charge in [-0.1, -0.05) is 13.0 Å². The second-order valence-corrected chi connectivity index (χ2v) is 8.02. The molecule has 1 aromatic carbocycles. The molecule has 2 aromatic rings. The van der Waals surface area contributed by atoms with Crippen LogP contribution in [0.25, 0.3) is 0 Å². The molecule has 3 rings (SSSR count). The fraction of sp³-hybridized carbons (Fsp3) is 0.455. The van der Waals surface area contributed by atoms with Gasteiger partial charge in [-0.3, -0.25) is 4.99 Å². The SMILES string of the molecule is COc1ccc(N=Cc2ccc3c(c2)[C@@H](C)CC(C)(C)N3C(C)C)cn1. The molecule has 0 radical (unpaired) electrons. The molecule has 0 aliphatic carbocycles. The fourth-order valence-corrected chi connectivity index (χ4v) is 4.25. The number of anilines is 1. The number of hydrogen-bond donors (Lipinski definition) is 0. The Morgan fingerprint density at radius 2 is 2.04 bits per heavy atom. The molecule has 1 atom stereocenters. The standard InChI is InChI=1S/C22H29N3O/c1-15(2)25-20-9-7-17(11-19(20)16(3)12-22(25,4)5)13-23-18-8-10-21(26-6)24-14-18/h7-11,13-16H,12H2,1-6H3/t16-/m0/s1. The zero-order valence-corrected chi connectivity index (χ0v) is 16.7. The van der Waals surface area contributed by atoms with Crippen molar-refractivity contribution < 1.29 is 4.74 Å². The summed E-state index contributed by atoms with van der Waals surface area (Å²) < 4.78 is 5.08. The van der Waals surface area contributed by atoms with Gasteiger partial charge in [0.15, 0.2) is 0 Å². The van der Waals surface area contributed by atoms with Gasteiger partial charge in [0.1, 0.15) is 0 Å². The highest BCUT2D eigenvalue weighted by Crippen LogP contribution is 2.44. The van der Waals surface area contributed by atoms with Crippen LogP contribution in [0.1, 0.15) is 58.1 Å². The van der Waals surface area contributed by atoms with Crippen molar-refractivity contribution in [3.05, 3.63) is 47.7 Å². The first-order valence-electron chi connectivity index (χ1n) is 9.29. The molecular weight excluding hydrogens is 322 g/mol. The molecule has 138 valence electrons. The first-order chi connectivity index (χ1) is 12.3. The molecule has 0 amide bonds. The number of fused-ring (bicyclic) bond motifs is 1. The Morgan fingerprint density at radius 1 is 1.27 bits per heavy atom. The molecule has 2 heterocycles. The smallest absolute Gasteiger partial charge is 0.213 e. The third-order valence-corrected chi connectivity index (χ3v) is 5.11. The summed E-state index contributed by atoms with van der Waals surface area (Å²) in [6.45, 7) is 11.6. The Morgan fingerprint density at radius 3 is 2.65 bits per heavy atom. The summed E-state index contributed by atoms with van der Waals surface area (Å²) in [6, 6.07) is 10.9. The number of hydrogen-bond acceptors (Lipinski definition) is 4. The summed E-state index contributed by atoms with van der Waals surface area (Å²) in [5, 5.41) is 0. The summed E-state index contributed by atoms with van der Waals surface area (Å²) in [5.74, 6) is 1.13. The largest absolute Gasteiger partial charge is 0.481 e. The molecule has 0 bridgehead atoms. The number of aliphatic imine (C=N–C) groups is 1. The van der Waals surface area contributed by atoms with Gasteiger partial charge < -0.3 is 9.64 Å². The lowest BCUT2D eigenvalue weighted by molar-refractivity contribution is 0.356. The Kier molecular flexibility index (Phi) is 5.03. The van der Waals surface area contributed by atoms with Crippen molar-refractivity contribution in [1.82, 2.24) is 4.98 Å². The van der Waals surface area contributed by atoms with Crippen LogP contribution in [0.3, 0.4) is 0 Å². The average Bonchev–Trinajstić information content (AvgIpc) is 2.59. The molecule has 0 N–H and O–H groups in total. The van der Waals surface area contributed by atoms with Crippen molar-refractivity contribution in [2.75, 3.05) is 12.0 Å². The Balaban J connectivity index is 1.90. The summed E-state index contributed by atoms with van der Waals surface area (Å²) in [5.41, 5.74) is 4.88. The van der Waals surface area contributed by atoms with Crippen molar-refractivity contribution >= 4 is 17.6 Å². The van der Waals surface area contributed by atoms with E-state index in [1.165, 1.54) is 11.3 Å². The highest BCUT2D eigenvalue weighted by atomic mass is 16.5. The van der Waals surface area contributed by atoms with Gasteiger partial charge in [0.05, 0.1) is 19.0 Å². The van der Waals surface area contributed by atoms with E-state index in [0.29, 0.717) is 17.8 Å². The Labute approximate surface area is 156 Å². The summed E-state index contributed by atoms with van der Waals surface area (Å²) in [6.07, 6.45) is 4.79. The van der Waals surface area contributed by atoms with Gasteiger partial charge >= 0.3 is 0 Å². The molecule has 1 aliphatic heterocycles. The summed E-state index contributed by atoms with van der Waals surface area (Å²) >= 11 is 0. The van der Waals surface area contributed by atoms with Crippen molar-refractivity contribution in [2.45, 2.75) is 58.5 Å². The maximum Gasteiger partial charge on any atom is 0.213 e. The Hall–Kier alpha value is -2.36. The van der Waals surface area contributed by atoms with Crippen LogP contribution in [0.4, 0.5) is 11.4 Å². The number of aromatic nitrogens is 1. The second-order valence-electron chi connectivity index (χ2n) is 8.02. The first-order valence-corrected chi connectivity index (χ1v) is 9.29. The lowest BCUT2D eigenvalue weighted by Gasteiger charge is -2.50. The quantitative estimate of drug-likeness (QED) is 0.698. The van der Waals surface area contributed by atoms with E-state index in [9.17, 15) is 0 Å². The molecular formula is C22H29N3O. The average molecular weight is 351 g/mol. The van der Waals surface area contributed by atoms with E-state index < -0.39 is 0 Å². The van der Waals surface area contributed by atoms with Gasteiger partial charge in [0.25, 0.3) is 0 Å². The molecule has 1 aliphatic rings. The highest BCUT2D eigenvalue weighted by molar-refractivity contribution is 5.83. The van der Waals surface area contributed by atoms with E-state index in [4.69, 9.17) is 4.74 Å². The van der Waals surface area contributed by atoms with Gasteiger partial charge in [-0.15, -0.1) is 0 Å². The lowest BCUT2D eigenvalue weighted by atomic mass is 9.79. The molecule has 4 heteroatoms. The Bertz CT molecular complexity index is 794. The van der Waals surface area contributed by atoms with Crippen LogP contribution < -0.4 is 9.64 Å². The van der Waals surface area contributed by atoms with Gasteiger partial charge in [-0.2, -0.15) is 0 Å². The zero-order valence-electron chi connectivity index (χ0n) is 16.7. The van der Waals surface area contributed by atoms with Gasteiger partial charge in [0, 0.05) is 29.5 Å². The van der Waals surface area contributed by atoms with E-state index in [-0.39, 0.29) is 5.54 Å². The van der Waals surface area contributed by atoms with Gasteiger partial charge in [0.2, 0.25) is 5.88 Å². The predicted octanol–water partition coefficient (Wildman–Crippen LogP) is 5.34. The van der Waals surface area contributed by atoms with E-state index in [2.05, 4.69) is 67.7 Å². The van der Waals surface area contributed by atoms with Crippen LogP contribution in [-0.2, 0) is 0 Å². The minimum absolute atomic E-state index is 0.172. The maximum atomic E-state index is 5.08. The van der Waals surface area contributed by atoms with Crippen LogP contribution in [0.5, 0.6) is 5.88 Å². The van der Waals surface area contributed by atoms with Crippen molar-refractivity contribution in [1.29, 1.82) is 0 Å². The number of benzene rings is 1. The van der Waals surface area contributed by atoms with Gasteiger partial charge in [-0.25, -0.2) is 4.98 Å². The molecule has 1 aromatic heterocycles. The predicted molar refractivity (Wildman–Crippen MR) is 109 cm³/mol. The normalized spacial score (nSPS) is 19.0. The van der Waals surface area contributed by atoms with E-state index in [1.807, 2.05) is 18.3 Å². The van der Waals surface area contributed by atoms with Crippen LogP contribution in [0.2, 0.25) is 0 Å². The van der Waals surface area contributed by atoms with Crippen LogP contribution >= 0.6 is 0 Å². The summed E-state index contributed by atoms with van der Waals surface area (Å²) in [4.78, 5) is 11.3. The van der Waals surface area contributed by atoms with Crippen LogP contribution in [0.15, 0.2) is 41.5 Å². The second kappa shape index (κ2) is 7.10. The van der Waals surface area contributed by atoms with E-state index >= 15 is 0 Å². The molecule has 0 saturated carbocycles. The molecule has 26 heavy (non-hydrogen) atoms. The molecule has 0 saturated heterocycles. The van der Waals surface area contributed by atoms with E-state index in [0.717, 1.165) is 17.7 Å². The number of methoxy groups -OCH3 is 1. The lowest BCUT2D eigenvalue weighted by Crippen LogP contribution is -2.51. The third kappa shape index (κ3) is 3.59. The van der Waals surface area contributed by atoms with Crippen LogP contribution in [-0.4, -0.2) is 29.9 Å². The highest BCUT2D eigenvalue weighted by Gasteiger charge is 2.37.